The molecule has 3 nitrogen and oxygen atoms in total. The van der Waals surface area contributed by atoms with Gasteiger partial charge in [-0.3, -0.25) is 9.78 Å². The average molecular weight is 241 g/mol. The molecule has 3 heteroatoms. The molecule has 2 aromatic rings. The Morgan fingerprint density at radius 3 is 2.83 bits per heavy atom. The third-order valence-electron chi connectivity index (χ3n) is 2.63. The second-order valence-electron chi connectivity index (χ2n) is 4.21. The van der Waals surface area contributed by atoms with Crippen LogP contribution in [0.3, 0.4) is 0 Å². The first-order valence-electron chi connectivity index (χ1n) is 5.80. The summed E-state index contributed by atoms with van der Waals surface area (Å²) in [6.45, 7) is 3.92. The van der Waals surface area contributed by atoms with Crippen LogP contribution in [0.1, 0.15) is 28.4 Å². The van der Waals surface area contributed by atoms with Crippen molar-refractivity contribution in [2.24, 2.45) is 0 Å². The van der Waals surface area contributed by atoms with Crippen LogP contribution in [-0.4, -0.2) is 10.8 Å². The number of benzene rings is 1. The number of ether oxygens (including phenoxy) is 1. The van der Waals surface area contributed by atoms with Gasteiger partial charge in [0.05, 0.1) is 5.56 Å². The lowest BCUT2D eigenvalue weighted by molar-refractivity contribution is 0.101. The quantitative estimate of drug-likeness (QED) is 0.772. The van der Waals surface area contributed by atoms with Gasteiger partial charge in [-0.25, -0.2) is 0 Å². The highest BCUT2D eigenvalue weighted by molar-refractivity contribution is 5.97. The van der Waals surface area contributed by atoms with Gasteiger partial charge < -0.3 is 4.74 Å². The Morgan fingerprint density at radius 2 is 2.17 bits per heavy atom. The number of ketones is 1. The number of hydrogen-bond acceptors (Lipinski definition) is 3. The Morgan fingerprint density at radius 1 is 1.33 bits per heavy atom. The minimum Gasteiger partial charge on any atom is -0.488 e. The SMILES string of the molecule is CC(=O)c1cc(C)ccc1OCc1cccnc1. The van der Waals surface area contributed by atoms with E-state index < -0.39 is 0 Å². The summed E-state index contributed by atoms with van der Waals surface area (Å²) in [5.74, 6) is 0.636. The largest absolute Gasteiger partial charge is 0.488 e. The molecular formula is C15H15NO2. The molecule has 0 spiro atoms. The molecule has 1 aromatic heterocycles. The summed E-state index contributed by atoms with van der Waals surface area (Å²) >= 11 is 0. The van der Waals surface area contributed by atoms with Crippen LogP contribution in [0.2, 0.25) is 0 Å². The van der Waals surface area contributed by atoms with E-state index in [0.29, 0.717) is 17.9 Å². The predicted octanol–water partition coefficient (Wildman–Crippen LogP) is 3.17. The molecule has 1 aromatic carbocycles. The van der Waals surface area contributed by atoms with Crippen molar-refractivity contribution in [1.29, 1.82) is 0 Å². The molecule has 92 valence electrons. The van der Waals surface area contributed by atoms with Gasteiger partial charge in [0.1, 0.15) is 12.4 Å². The van der Waals surface area contributed by atoms with Crippen LogP contribution in [0.5, 0.6) is 5.75 Å². The van der Waals surface area contributed by atoms with Crippen LogP contribution in [0.15, 0.2) is 42.7 Å². The Bertz CT molecular complexity index is 550. The van der Waals surface area contributed by atoms with Crippen molar-refractivity contribution < 1.29 is 9.53 Å². The van der Waals surface area contributed by atoms with Crippen LogP contribution in [0.4, 0.5) is 0 Å². The summed E-state index contributed by atoms with van der Waals surface area (Å²) in [7, 11) is 0. The maximum Gasteiger partial charge on any atom is 0.163 e. The van der Waals surface area contributed by atoms with Gasteiger partial charge in [-0.2, -0.15) is 0 Å². The van der Waals surface area contributed by atoms with Crippen LogP contribution >= 0.6 is 0 Å². The van der Waals surface area contributed by atoms with Gasteiger partial charge in [0.25, 0.3) is 0 Å². The number of pyridine rings is 1. The third-order valence-corrected chi connectivity index (χ3v) is 2.63. The predicted molar refractivity (Wildman–Crippen MR) is 69.8 cm³/mol. The maximum atomic E-state index is 11.5. The zero-order valence-electron chi connectivity index (χ0n) is 10.5. The molecular weight excluding hydrogens is 226 g/mol. The Balaban J connectivity index is 2.17. The number of carbonyl (C=O) groups excluding carboxylic acids is 1. The first-order valence-corrected chi connectivity index (χ1v) is 5.80. The van der Waals surface area contributed by atoms with E-state index in [1.807, 2.05) is 37.3 Å². The highest BCUT2D eigenvalue weighted by atomic mass is 16.5. The second-order valence-corrected chi connectivity index (χ2v) is 4.21. The lowest BCUT2D eigenvalue weighted by atomic mass is 10.1. The minimum atomic E-state index is 0.0138. The Hall–Kier alpha value is -2.16. The first-order chi connectivity index (χ1) is 8.66. The minimum absolute atomic E-state index is 0.0138. The Labute approximate surface area is 106 Å². The molecule has 0 saturated heterocycles. The van der Waals surface area contributed by atoms with E-state index in [4.69, 9.17) is 4.74 Å². The fraction of sp³-hybridized carbons (Fsp3) is 0.200. The van der Waals surface area contributed by atoms with Crippen molar-refractivity contribution in [2.75, 3.05) is 0 Å². The zero-order chi connectivity index (χ0) is 13.0. The molecule has 0 saturated carbocycles. The molecule has 2 rings (SSSR count). The van der Waals surface area contributed by atoms with E-state index in [1.54, 1.807) is 19.3 Å². The molecule has 0 bridgehead atoms. The third kappa shape index (κ3) is 2.94. The monoisotopic (exact) mass is 241 g/mol. The molecule has 18 heavy (non-hydrogen) atoms. The molecule has 0 atom stereocenters. The topological polar surface area (TPSA) is 39.2 Å². The normalized spacial score (nSPS) is 10.1. The fourth-order valence-corrected chi connectivity index (χ4v) is 1.69. The van der Waals surface area contributed by atoms with Gasteiger partial charge >= 0.3 is 0 Å². The number of carbonyl (C=O) groups is 1. The van der Waals surface area contributed by atoms with E-state index in [1.165, 1.54) is 0 Å². The van der Waals surface area contributed by atoms with E-state index in [9.17, 15) is 4.79 Å². The molecule has 0 aliphatic carbocycles. The number of hydrogen-bond donors (Lipinski definition) is 0. The molecule has 0 aliphatic rings. The zero-order valence-corrected chi connectivity index (χ0v) is 10.5. The van der Waals surface area contributed by atoms with Crippen LogP contribution < -0.4 is 4.74 Å². The van der Waals surface area contributed by atoms with Gasteiger partial charge in [0, 0.05) is 18.0 Å². The average Bonchev–Trinajstić information content (AvgIpc) is 2.38. The summed E-state index contributed by atoms with van der Waals surface area (Å²) in [6.07, 6.45) is 3.47. The number of aromatic nitrogens is 1. The summed E-state index contributed by atoms with van der Waals surface area (Å²) in [5, 5.41) is 0. The van der Waals surface area contributed by atoms with Crippen molar-refractivity contribution >= 4 is 5.78 Å². The molecule has 1 heterocycles. The molecule has 0 unspecified atom stereocenters. The van der Waals surface area contributed by atoms with Gasteiger partial charge in [-0.1, -0.05) is 17.7 Å². The van der Waals surface area contributed by atoms with Gasteiger partial charge in [0.15, 0.2) is 5.78 Å². The number of Topliss-reactive ketones (excluding diaryl/α,β-unsaturated/α-hetero) is 1. The maximum absolute atomic E-state index is 11.5. The van der Waals surface area contributed by atoms with Gasteiger partial charge in [-0.05, 0) is 32.0 Å². The number of nitrogens with zero attached hydrogens (tertiary/aromatic N) is 1. The molecule has 0 aliphatic heterocycles. The smallest absolute Gasteiger partial charge is 0.163 e. The van der Waals surface area contributed by atoms with Crippen molar-refractivity contribution in [1.82, 2.24) is 4.98 Å². The number of rotatable bonds is 4. The molecule has 0 amide bonds. The van der Waals surface area contributed by atoms with Gasteiger partial charge in [0.2, 0.25) is 0 Å². The number of aryl methyl sites for hydroxylation is 1. The fourth-order valence-electron chi connectivity index (χ4n) is 1.69. The van der Waals surface area contributed by atoms with E-state index >= 15 is 0 Å². The van der Waals surface area contributed by atoms with E-state index in [2.05, 4.69) is 4.98 Å². The van der Waals surface area contributed by atoms with Crippen molar-refractivity contribution in [3.05, 3.63) is 59.4 Å². The van der Waals surface area contributed by atoms with Crippen LogP contribution in [0.25, 0.3) is 0 Å². The molecule has 0 radical (unpaired) electrons. The van der Waals surface area contributed by atoms with Crippen LogP contribution in [-0.2, 0) is 6.61 Å². The highest BCUT2D eigenvalue weighted by Gasteiger charge is 2.08. The van der Waals surface area contributed by atoms with Crippen molar-refractivity contribution in [2.45, 2.75) is 20.5 Å². The molecule has 0 fully saturated rings. The van der Waals surface area contributed by atoms with Crippen molar-refractivity contribution in [3.8, 4) is 5.75 Å². The lowest BCUT2D eigenvalue weighted by Gasteiger charge is -2.10. The highest BCUT2D eigenvalue weighted by Crippen LogP contribution is 2.21. The summed E-state index contributed by atoms with van der Waals surface area (Å²) in [4.78, 5) is 15.6. The second kappa shape index (κ2) is 5.45. The van der Waals surface area contributed by atoms with E-state index in [-0.39, 0.29) is 5.78 Å². The standard InChI is InChI=1S/C15H15NO2/c1-11-5-6-15(14(8-11)12(2)17)18-10-13-4-3-7-16-9-13/h3-9H,10H2,1-2H3. The molecule has 0 N–H and O–H groups in total. The summed E-state index contributed by atoms with van der Waals surface area (Å²) < 4.78 is 5.68. The van der Waals surface area contributed by atoms with Crippen molar-refractivity contribution in [3.63, 3.8) is 0 Å². The van der Waals surface area contributed by atoms with Gasteiger partial charge in [-0.15, -0.1) is 0 Å². The summed E-state index contributed by atoms with van der Waals surface area (Å²) in [5.41, 5.74) is 2.65. The van der Waals surface area contributed by atoms with E-state index in [0.717, 1.165) is 11.1 Å². The van der Waals surface area contributed by atoms with Crippen LogP contribution in [0, 0.1) is 6.92 Å². The Kier molecular flexibility index (Phi) is 3.72. The lowest BCUT2D eigenvalue weighted by Crippen LogP contribution is -2.02. The summed E-state index contributed by atoms with van der Waals surface area (Å²) in [6, 6.07) is 9.42. The first kappa shape index (κ1) is 12.3.